The summed E-state index contributed by atoms with van der Waals surface area (Å²) in [5.41, 5.74) is 4.06. The van der Waals surface area contributed by atoms with Gasteiger partial charge >= 0.3 is 0 Å². The Morgan fingerprint density at radius 1 is 1.12 bits per heavy atom. The van der Waals surface area contributed by atoms with Crippen molar-refractivity contribution in [3.05, 3.63) is 76.0 Å². The van der Waals surface area contributed by atoms with Crippen LogP contribution in [0.1, 0.15) is 18.1 Å². The third kappa shape index (κ3) is 4.75. The average Bonchev–Trinajstić information content (AvgIpc) is 3.05. The summed E-state index contributed by atoms with van der Waals surface area (Å²) >= 11 is 17.4. The van der Waals surface area contributed by atoms with E-state index < -0.39 is 0 Å². The molecule has 2 N–H and O–H groups in total. The van der Waals surface area contributed by atoms with Crippen molar-refractivity contribution in [3.63, 3.8) is 0 Å². The molecular formula is C19H18Cl2N4S. The monoisotopic (exact) mass is 404 g/mol. The zero-order valence-corrected chi connectivity index (χ0v) is 16.5. The number of nitrogens with one attached hydrogen (secondary N) is 2. The molecule has 1 aromatic heterocycles. The molecule has 0 aliphatic carbocycles. The molecule has 0 bridgehead atoms. The standard InChI is InChI=1S/C19H18Cl2N4S/c1-2-14-5-3-4-6-18(14)24-19(26)23-15-10-22-25(12-15)11-13-7-8-16(20)17(21)9-13/h3-10,12H,2,11H2,1H3,(H2,23,24,26). The number of aryl methyl sites for hydroxylation is 1. The number of para-hydroxylation sites is 1. The number of anilines is 2. The van der Waals surface area contributed by atoms with E-state index in [-0.39, 0.29) is 0 Å². The molecule has 0 aliphatic heterocycles. The third-order valence-electron chi connectivity index (χ3n) is 3.87. The van der Waals surface area contributed by atoms with Crippen molar-refractivity contribution >= 4 is 51.9 Å². The Morgan fingerprint density at radius 3 is 2.69 bits per heavy atom. The van der Waals surface area contributed by atoms with Gasteiger partial charge in [0, 0.05) is 11.9 Å². The van der Waals surface area contributed by atoms with Crippen molar-refractivity contribution in [2.45, 2.75) is 19.9 Å². The van der Waals surface area contributed by atoms with Crippen LogP contribution < -0.4 is 10.6 Å². The second-order valence-corrected chi connectivity index (χ2v) is 6.99. The predicted octanol–water partition coefficient (Wildman–Crippen LogP) is 5.61. The minimum atomic E-state index is 0.528. The fourth-order valence-corrected chi connectivity index (χ4v) is 3.12. The van der Waals surface area contributed by atoms with E-state index in [1.165, 1.54) is 5.56 Å². The first-order chi connectivity index (χ1) is 12.5. The number of thiocarbonyl (C=S) groups is 1. The maximum atomic E-state index is 6.06. The van der Waals surface area contributed by atoms with Crippen molar-refractivity contribution in [3.8, 4) is 0 Å². The van der Waals surface area contributed by atoms with Crippen LogP contribution in [0.5, 0.6) is 0 Å². The molecule has 0 radical (unpaired) electrons. The normalized spacial score (nSPS) is 10.6. The van der Waals surface area contributed by atoms with Gasteiger partial charge in [-0.3, -0.25) is 4.68 Å². The number of hydrogen-bond donors (Lipinski definition) is 2. The van der Waals surface area contributed by atoms with Gasteiger partial charge in [-0.1, -0.05) is 54.4 Å². The van der Waals surface area contributed by atoms with Crippen LogP contribution in [0.4, 0.5) is 11.4 Å². The van der Waals surface area contributed by atoms with E-state index in [0.29, 0.717) is 21.7 Å². The summed E-state index contributed by atoms with van der Waals surface area (Å²) in [5.74, 6) is 0. The Morgan fingerprint density at radius 2 is 1.92 bits per heavy atom. The fraction of sp³-hybridized carbons (Fsp3) is 0.158. The number of halogens is 2. The Hall–Kier alpha value is -2.08. The lowest BCUT2D eigenvalue weighted by molar-refractivity contribution is 0.687. The summed E-state index contributed by atoms with van der Waals surface area (Å²) in [6.45, 7) is 2.71. The van der Waals surface area contributed by atoms with Crippen molar-refractivity contribution in [1.82, 2.24) is 9.78 Å². The first-order valence-corrected chi connectivity index (χ1v) is 9.34. The molecule has 26 heavy (non-hydrogen) atoms. The molecule has 0 spiro atoms. The Bertz CT molecular complexity index is 923. The fourth-order valence-electron chi connectivity index (χ4n) is 2.57. The lowest BCUT2D eigenvalue weighted by Crippen LogP contribution is -2.19. The maximum Gasteiger partial charge on any atom is 0.175 e. The van der Waals surface area contributed by atoms with Crippen LogP contribution in [0.3, 0.4) is 0 Å². The molecule has 0 unspecified atom stereocenters. The lowest BCUT2D eigenvalue weighted by Gasteiger charge is -2.12. The van der Waals surface area contributed by atoms with E-state index in [1.807, 2.05) is 41.2 Å². The topological polar surface area (TPSA) is 41.9 Å². The van der Waals surface area contributed by atoms with E-state index in [4.69, 9.17) is 35.4 Å². The van der Waals surface area contributed by atoms with Gasteiger partial charge in [-0.2, -0.15) is 5.10 Å². The molecule has 4 nitrogen and oxygen atoms in total. The van der Waals surface area contributed by atoms with Crippen molar-refractivity contribution in [2.75, 3.05) is 10.6 Å². The molecule has 1 heterocycles. The van der Waals surface area contributed by atoms with Crippen molar-refractivity contribution in [2.24, 2.45) is 0 Å². The molecule has 0 atom stereocenters. The van der Waals surface area contributed by atoms with E-state index in [2.05, 4.69) is 28.7 Å². The SMILES string of the molecule is CCc1ccccc1NC(=S)Nc1cnn(Cc2ccc(Cl)c(Cl)c2)c1. The summed E-state index contributed by atoms with van der Waals surface area (Å²) < 4.78 is 1.81. The van der Waals surface area contributed by atoms with Crippen LogP contribution in [0.25, 0.3) is 0 Å². The Labute approximate surface area is 168 Å². The highest BCUT2D eigenvalue weighted by molar-refractivity contribution is 7.80. The minimum absolute atomic E-state index is 0.528. The molecule has 2 aromatic carbocycles. The van der Waals surface area contributed by atoms with Crippen LogP contribution in [0, 0.1) is 0 Å². The van der Waals surface area contributed by atoms with Gasteiger partial charge in [-0.15, -0.1) is 0 Å². The average molecular weight is 405 g/mol. The summed E-state index contributed by atoms with van der Waals surface area (Å²) in [7, 11) is 0. The van der Waals surface area contributed by atoms with E-state index in [1.54, 1.807) is 12.3 Å². The highest BCUT2D eigenvalue weighted by atomic mass is 35.5. The summed E-state index contributed by atoms with van der Waals surface area (Å²) in [4.78, 5) is 0. The van der Waals surface area contributed by atoms with Gasteiger partial charge < -0.3 is 10.6 Å². The van der Waals surface area contributed by atoms with Gasteiger partial charge in [0.1, 0.15) is 0 Å². The van der Waals surface area contributed by atoms with Crippen LogP contribution >= 0.6 is 35.4 Å². The highest BCUT2D eigenvalue weighted by Crippen LogP contribution is 2.23. The number of hydrogen-bond acceptors (Lipinski definition) is 2. The minimum Gasteiger partial charge on any atom is -0.332 e. The van der Waals surface area contributed by atoms with Gasteiger partial charge in [-0.05, 0) is 48.0 Å². The Balaban J connectivity index is 1.62. The quantitative estimate of drug-likeness (QED) is 0.542. The first-order valence-electron chi connectivity index (χ1n) is 8.17. The third-order valence-corrected chi connectivity index (χ3v) is 4.81. The van der Waals surface area contributed by atoms with E-state index in [0.717, 1.165) is 23.4 Å². The van der Waals surface area contributed by atoms with E-state index in [9.17, 15) is 0 Å². The molecule has 0 saturated carbocycles. The van der Waals surface area contributed by atoms with Gasteiger partial charge in [0.2, 0.25) is 0 Å². The predicted molar refractivity (Wildman–Crippen MR) is 113 cm³/mol. The molecule has 3 aromatic rings. The van der Waals surface area contributed by atoms with Gasteiger partial charge in [-0.25, -0.2) is 0 Å². The van der Waals surface area contributed by atoms with Crippen LogP contribution in [0.15, 0.2) is 54.9 Å². The molecule has 0 amide bonds. The van der Waals surface area contributed by atoms with E-state index >= 15 is 0 Å². The number of rotatable bonds is 5. The molecule has 0 saturated heterocycles. The van der Waals surface area contributed by atoms with Gasteiger partial charge in [0.25, 0.3) is 0 Å². The van der Waals surface area contributed by atoms with Crippen molar-refractivity contribution < 1.29 is 0 Å². The maximum absolute atomic E-state index is 6.06. The molecule has 0 fully saturated rings. The van der Waals surface area contributed by atoms with Crippen LogP contribution in [0.2, 0.25) is 10.0 Å². The summed E-state index contributed by atoms with van der Waals surface area (Å²) in [6, 6.07) is 13.7. The second kappa shape index (κ2) is 8.54. The van der Waals surface area contributed by atoms with Crippen LogP contribution in [-0.4, -0.2) is 14.9 Å². The molecule has 134 valence electrons. The molecule has 3 rings (SSSR count). The number of nitrogens with zero attached hydrogens (tertiary/aromatic N) is 2. The molecular weight excluding hydrogens is 387 g/mol. The zero-order chi connectivity index (χ0) is 18.5. The number of benzene rings is 2. The largest absolute Gasteiger partial charge is 0.332 e. The number of aromatic nitrogens is 2. The van der Waals surface area contributed by atoms with Gasteiger partial charge in [0.05, 0.1) is 28.5 Å². The van der Waals surface area contributed by atoms with Gasteiger partial charge in [0.15, 0.2) is 5.11 Å². The summed E-state index contributed by atoms with van der Waals surface area (Å²) in [6.07, 6.45) is 4.56. The van der Waals surface area contributed by atoms with Crippen molar-refractivity contribution in [1.29, 1.82) is 0 Å². The molecule has 7 heteroatoms. The van der Waals surface area contributed by atoms with Crippen LogP contribution in [-0.2, 0) is 13.0 Å². The Kier molecular flexibility index (Phi) is 6.14. The smallest absolute Gasteiger partial charge is 0.175 e. The first kappa shape index (κ1) is 18.7. The molecule has 0 aliphatic rings. The summed E-state index contributed by atoms with van der Waals surface area (Å²) in [5, 5.41) is 12.3. The zero-order valence-electron chi connectivity index (χ0n) is 14.2. The highest BCUT2D eigenvalue weighted by Gasteiger charge is 2.06. The second-order valence-electron chi connectivity index (χ2n) is 5.76. The lowest BCUT2D eigenvalue weighted by atomic mass is 10.1.